The fraction of sp³-hybridized carbons (Fsp3) is 0.833. The molecule has 10 heavy (non-hydrogen) atoms. The summed E-state index contributed by atoms with van der Waals surface area (Å²) in [4.78, 5) is 10.4. The number of halogens is 1. The van der Waals surface area contributed by atoms with E-state index in [0.29, 0.717) is 0 Å². The molecule has 58 valence electrons. The summed E-state index contributed by atoms with van der Waals surface area (Å²) in [5.41, 5.74) is -1.25. The summed E-state index contributed by atoms with van der Waals surface area (Å²) in [7, 11) is 0. The molecule has 1 heterocycles. The van der Waals surface area contributed by atoms with Gasteiger partial charge in [0.1, 0.15) is 11.6 Å². The third-order valence-electron chi connectivity index (χ3n) is 1.91. The summed E-state index contributed by atoms with van der Waals surface area (Å²) in [6.45, 7) is 1.25. The summed E-state index contributed by atoms with van der Waals surface area (Å²) in [6.07, 6.45) is -1.33. The molecule has 0 bridgehead atoms. The van der Waals surface area contributed by atoms with Gasteiger partial charge in [-0.15, -0.1) is 0 Å². The molecule has 0 aromatic carbocycles. The number of ether oxygens (including phenoxy) is 1. The maximum absolute atomic E-state index is 12.6. The Morgan fingerprint density at radius 1 is 1.80 bits per heavy atom. The molecule has 0 radical (unpaired) electrons. The van der Waals surface area contributed by atoms with Gasteiger partial charge in [0.25, 0.3) is 0 Å². The Hall–Kier alpha value is -0.640. The molecule has 1 unspecified atom stereocenters. The van der Waals surface area contributed by atoms with Crippen LogP contribution in [0.15, 0.2) is 0 Å². The zero-order chi connectivity index (χ0) is 7.78. The van der Waals surface area contributed by atoms with Gasteiger partial charge >= 0.3 is 5.97 Å². The van der Waals surface area contributed by atoms with E-state index in [1.807, 2.05) is 0 Å². The minimum Gasteiger partial charge on any atom is -0.481 e. The molecule has 0 amide bonds. The number of hydrogen-bond acceptors (Lipinski definition) is 2. The summed E-state index contributed by atoms with van der Waals surface area (Å²) in [6, 6.07) is 0. The lowest BCUT2D eigenvalue weighted by atomic mass is 9.82. The van der Waals surface area contributed by atoms with E-state index in [-0.39, 0.29) is 13.2 Å². The maximum atomic E-state index is 12.6. The maximum Gasteiger partial charge on any atom is 0.317 e. The van der Waals surface area contributed by atoms with Gasteiger partial charge < -0.3 is 9.84 Å². The van der Waals surface area contributed by atoms with Crippen molar-refractivity contribution in [1.82, 2.24) is 0 Å². The molecule has 0 saturated carbocycles. The average molecular weight is 148 g/mol. The predicted octanol–water partition coefficient (Wildman–Crippen LogP) is 0.446. The van der Waals surface area contributed by atoms with Crippen molar-refractivity contribution in [1.29, 1.82) is 0 Å². The number of alkyl halides is 1. The van der Waals surface area contributed by atoms with Crippen molar-refractivity contribution in [3.8, 4) is 0 Å². The van der Waals surface area contributed by atoms with Gasteiger partial charge in [0.2, 0.25) is 0 Å². The summed E-state index contributed by atoms with van der Waals surface area (Å²) in [5, 5.41) is 8.53. The summed E-state index contributed by atoms with van der Waals surface area (Å²) >= 11 is 0. The molecule has 0 aromatic heterocycles. The van der Waals surface area contributed by atoms with Crippen molar-refractivity contribution in [2.75, 3.05) is 13.2 Å². The van der Waals surface area contributed by atoms with Gasteiger partial charge in [0, 0.05) is 0 Å². The normalized spacial score (nSPS) is 25.0. The second-order valence-electron chi connectivity index (χ2n) is 2.57. The van der Waals surface area contributed by atoms with Gasteiger partial charge in [0.05, 0.1) is 13.2 Å². The molecule has 1 N–H and O–H groups in total. The minimum atomic E-state index is -1.33. The quantitative estimate of drug-likeness (QED) is 0.618. The second kappa shape index (κ2) is 2.20. The molecular weight excluding hydrogens is 139 g/mol. The van der Waals surface area contributed by atoms with Crippen LogP contribution >= 0.6 is 0 Å². The van der Waals surface area contributed by atoms with E-state index in [1.165, 1.54) is 6.92 Å². The molecule has 1 rings (SSSR count). The van der Waals surface area contributed by atoms with Crippen molar-refractivity contribution in [2.45, 2.75) is 13.1 Å². The third kappa shape index (κ3) is 0.794. The van der Waals surface area contributed by atoms with Gasteiger partial charge in [0.15, 0.2) is 0 Å². The number of carboxylic acids is 1. The minimum absolute atomic E-state index is 0. The fourth-order valence-electron chi connectivity index (χ4n) is 0.845. The Bertz CT molecular complexity index is 151. The largest absolute Gasteiger partial charge is 0.481 e. The number of aliphatic carboxylic acids is 1. The number of carbonyl (C=O) groups is 1. The van der Waals surface area contributed by atoms with E-state index in [9.17, 15) is 9.18 Å². The number of rotatable bonds is 2. The topological polar surface area (TPSA) is 46.5 Å². The van der Waals surface area contributed by atoms with Crippen molar-refractivity contribution in [2.24, 2.45) is 5.41 Å². The smallest absolute Gasteiger partial charge is 0.317 e. The van der Waals surface area contributed by atoms with E-state index in [0.717, 1.165) is 0 Å². The average Bonchev–Trinajstić information content (AvgIpc) is 1.57. The van der Waals surface area contributed by atoms with Crippen LogP contribution < -0.4 is 0 Å². The van der Waals surface area contributed by atoms with Gasteiger partial charge in [-0.05, 0) is 6.92 Å². The first-order valence-electron chi connectivity index (χ1n) is 3.05. The van der Waals surface area contributed by atoms with Gasteiger partial charge in [-0.1, -0.05) is 0 Å². The molecule has 4 heteroatoms. The van der Waals surface area contributed by atoms with Crippen molar-refractivity contribution in [3.63, 3.8) is 0 Å². The number of carboxylic acid groups (broad SMARTS) is 1. The second-order valence-corrected chi connectivity index (χ2v) is 2.57. The Kier molecular flexibility index (Phi) is 1.64. The van der Waals surface area contributed by atoms with E-state index >= 15 is 0 Å². The van der Waals surface area contributed by atoms with Gasteiger partial charge in [-0.2, -0.15) is 0 Å². The highest BCUT2D eigenvalue weighted by molar-refractivity contribution is 5.76. The summed E-state index contributed by atoms with van der Waals surface area (Å²) in [5.74, 6) is -1.10. The third-order valence-corrected chi connectivity index (χ3v) is 1.91. The predicted molar refractivity (Wildman–Crippen MR) is 31.5 cm³/mol. The molecule has 0 aliphatic carbocycles. The highest BCUT2D eigenvalue weighted by atomic mass is 19.1. The van der Waals surface area contributed by atoms with E-state index in [2.05, 4.69) is 4.74 Å². The SMILES string of the molecule is CC(F)C1(C(=O)O)COC1. The lowest BCUT2D eigenvalue weighted by Gasteiger charge is -2.38. The highest BCUT2D eigenvalue weighted by Crippen LogP contribution is 2.33. The molecule has 1 aliphatic heterocycles. The van der Waals surface area contributed by atoms with Crippen LogP contribution in [-0.2, 0) is 9.53 Å². The molecule has 1 saturated heterocycles. The lowest BCUT2D eigenvalue weighted by Crippen LogP contribution is -2.54. The number of hydrogen-bond donors (Lipinski definition) is 1. The van der Waals surface area contributed by atoms with E-state index < -0.39 is 17.6 Å². The van der Waals surface area contributed by atoms with Gasteiger partial charge in [-0.3, -0.25) is 4.79 Å². The van der Waals surface area contributed by atoms with Crippen LogP contribution in [0.25, 0.3) is 0 Å². The van der Waals surface area contributed by atoms with Crippen LogP contribution in [0.2, 0.25) is 0 Å². The standard InChI is InChI=1S/C6H9FO3/c1-4(7)6(5(8)9)2-10-3-6/h4H,2-3H2,1H3,(H,8,9). The Morgan fingerprint density at radius 2 is 2.30 bits per heavy atom. The lowest BCUT2D eigenvalue weighted by molar-refractivity contribution is -0.192. The first kappa shape index (κ1) is 7.47. The van der Waals surface area contributed by atoms with Crippen LogP contribution in [0.4, 0.5) is 4.39 Å². The molecular formula is C6H9FO3. The Labute approximate surface area is 57.8 Å². The molecule has 0 aromatic rings. The van der Waals surface area contributed by atoms with Crippen molar-refractivity contribution >= 4 is 5.97 Å². The van der Waals surface area contributed by atoms with Crippen molar-refractivity contribution in [3.05, 3.63) is 0 Å². The van der Waals surface area contributed by atoms with Crippen LogP contribution in [-0.4, -0.2) is 30.5 Å². The Morgan fingerprint density at radius 3 is 2.30 bits per heavy atom. The van der Waals surface area contributed by atoms with Crippen LogP contribution in [0.3, 0.4) is 0 Å². The molecule has 1 atom stereocenters. The van der Waals surface area contributed by atoms with Crippen LogP contribution in [0.1, 0.15) is 6.92 Å². The molecule has 1 aliphatic rings. The zero-order valence-electron chi connectivity index (χ0n) is 5.63. The molecule has 3 nitrogen and oxygen atoms in total. The van der Waals surface area contributed by atoms with Crippen molar-refractivity contribution < 1.29 is 19.0 Å². The highest BCUT2D eigenvalue weighted by Gasteiger charge is 2.51. The Balaban J connectivity index is 2.68. The van der Waals surface area contributed by atoms with Gasteiger partial charge in [-0.25, -0.2) is 4.39 Å². The van der Waals surface area contributed by atoms with E-state index in [4.69, 9.17) is 5.11 Å². The monoisotopic (exact) mass is 148 g/mol. The van der Waals surface area contributed by atoms with Crippen LogP contribution in [0.5, 0.6) is 0 Å². The first-order chi connectivity index (χ1) is 4.59. The van der Waals surface area contributed by atoms with Crippen LogP contribution in [0, 0.1) is 5.41 Å². The van der Waals surface area contributed by atoms with E-state index in [1.54, 1.807) is 0 Å². The fourth-order valence-corrected chi connectivity index (χ4v) is 0.845. The molecule has 0 spiro atoms. The first-order valence-corrected chi connectivity index (χ1v) is 3.05. The molecule has 1 fully saturated rings. The zero-order valence-corrected chi connectivity index (χ0v) is 5.63. The summed E-state index contributed by atoms with van der Waals surface area (Å²) < 4.78 is 17.2.